The molecule has 0 heterocycles. The molecule has 0 aliphatic carbocycles. The average molecular weight is 534 g/mol. The number of rotatable bonds is 9. The van der Waals surface area contributed by atoms with E-state index in [4.69, 9.17) is 11.6 Å². The maximum absolute atomic E-state index is 13.0. The lowest BCUT2D eigenvalue weighted by atomic mass is 10.1. The molecule has 188 valence electrons. The molecule has 0 unspecified atom stereocenters. The molecule has 0 saturated heterocycles. The zero-order chi connectivity index (χ0) is 26.3. The van der Waals surface area contributed by atoms with Crippen LogP contribution in [0.2, 0.25) is 5.02 Å². The van der Waals surface area contributed by atoms with Crippen molar-refractivity contribution in [1.29, 1.82) is 0 Å². The second-order valence-corrected chi connectivity index (χ2v) is 10.2. The number of benzene rings is 4. The molecule has 0 aromatic heterocycles. The Morgan fingerprint density at radius 1 is 0.757 bits per heavy atom. The molecule has 9 heteroatoms. The van der Waals surface area contributed by atoms with Gasteiger partial charge in [0.05, 0.1) is 16.3 Å². The Kier molecular flexibility index (Phi) is 8.22. The fourth-order valence-corrected chi connectivity index (χ4v) is 5.20. The number of amides is 2. The predicted molar refractivity (Wildman–Crippen MR) is 146 cm³/mol. The van der Waals surface area contributed by atoms with Gasteiger partial charge in [-0.2, -0.15) is 0 Å². The van der Waals surface area contributed by atoms with Crippen LogP contribution >= 0.6 is 11.6 Å². The number of carbonyl (C=O) groups is 2. The van der Waals surface area contributed by atoms with Crippen molar-refractivity contribution in [1.82, 2.24) is 5.32 Å². The molecule has 4 aromatic rings. The van der Waals surface area contributed by atoms with E-state index in [1.165, 1.54) is 18.2 Å². The van der Waals surface area contributed by atoms with Crippen molar-refractivity contribution in [2.45, 2.75) is 11.3 Å². The minimum absolute atomic E-state index is 0.0295. The molecule has 7 nitrogen and oxygen atoms in total. The Balaban J connectivity index is 1.48. The van der Waals surface area contributed by atoms with Gasteiger partial charge in [-0.3, -0.25) is 14.3 Å². The van der Waals surface area contributed by atoms with Crippen molar-refractivity contribution < 1.29 is 18.0 Å². The van der Waals surface area contributed by atoms with Crippen molar-refractivity contribution >= 4 is 44.8 Å². The third-order valence-corrected chi connectivity index (χ3v) is 7.33. The fraction of sp³-hybridized carbons (Fsp3) is 0.0714. The topological polar surface area (TPSA) is 104 Å². The molecule has 37 heavy (non-hydrogen) atoms. The van der Waals surface area contributed by atoms with E-state index in [-0.39, 0.29) is 27.0 Å². The normalized spacial score (nSPS) is 10.9. The summed E-state index contributed by atoms with van der Waals surface area (Å²) in [6.07, 6.45) is 0.667. The van der Waals surface area contributed by atoms with Gasteiger partial charge in [-0.25, -0.2) is 8.42 Å². The van der Waals surface area contributed by atoms with E-state index in [1.54, 1.807) is 54.6 Å². The molecular weight excluding hydrogens is 510 g/mol. The first kappa shape index (κ1) is 25.9. The molecule has 4 aromatic carbocycles. The van der Waals surface area contributed by atoms with Gasteiger partial charge in [-0.05, 0) is 54.4 Å². The summed E-state index contributed by atoms with van der Waals surface area (Å²) in [5.41, 5.74) is 2.11. The van der Waals surface area contributed by atoms with E-state index in [0.29, 0.717) is 24.3 Å². The minimum atomic E-state index is -4.05. The van der Waals surface area contributed by atoms with Gasteiger partial charge in [0.1, 0.15) is 4.90 Å². The van der Waals surface area contributed by atoms with E-state index in [2.05, 4.69) is 15.4 Å². The van der Waals surface area contributed by atoms with Crippen molar-refractivity contribution in [3.05, 3.63) is 125 Å². The molecule has 0 atom stereocenters. The van der Waals surface area contributed by atoms with E-state index >= 15 is 0 Å². The van der Waals surface area contributed by atoms with Gasteiger partial charge in [0.25, 0.3) is 21.8 Å². The number of carbonyl (C=O) groups excluding carboxylic acids is 2. The highest BCUT2D eigenvalue weighted by Gasteiger charge is 2.21. The van der Waals surface area contributed by atoms with Crippen LogP contribution in [-0.4, -0.2) is 26.8 Å². The van der Waals surface area contributed by atoms with Gasteiger partial charge in [-0.15, -0.1) is 0 Å². The molecule has 0 radical (unpaired) electrons. The number of nitrogens with one attached hydrogen (secondary N) is 3. The van der Waals surface area contributed by atoms with Crippen molar-refractivity contribution in [3.8, 4) is 0 Å². The van der Waals surface area contributed by atoms with Crippen LogP contribution in [0.1, 0.15) is 26.3 Å². The predicted octanol–water partition coefficient (Wildman–Crippen LogP) is 5.37. The molecule has 0 bridgehead atoms. The van der Waals surface area contributed by atoms with Crippen LogP contribution in [0.25, 0.3) is 0 Å². The Bertz CT molecular complexity index is 1510. The maximum atomic E-state index is 13.0. The SMILES string of the molecule is O=C(Nc1ccccc1C(=O)NCCc1ccccc1)c1ccc(Cl)c(S(=O)(=O)Nc2ccccc2)c1. The maximum Gasteiger partial charge on any atom is 0.263 e. The molecule has 0 aliphatic rings. The monoisotopic (exact) mass is 533 g/mol. The number of halogens is 1. The van der Waals surface area contributed by atoms with Crippen LogP contribution in [0.4, 0.5) is 11.4 Å². The van der Waals surface area contributed by atoms with Crippen LogP contribution in [0.5, 0.6) is 0 Å². The van der Waals surface area contributed by atoms with E-state index in [1.807, 2.05) is 30.3 Å². The summed E-state index contributed by atoms with van der Waals surface area (Å²) in [7, 11) is -4.05. The second kappa shape index (κ2) is 11.7. The molecule has 3 N–H and O–H groups in total. The van der Waals surface area contributed by atoms with E-state index < -0.39 is 15.9 Å². The Morgan fingerprint density at radius 2 is 1.41 bits per heavy atom. The fourth-order valence-electron chi connectivity index (χ4n) is 3.61. The highest BCUT2D eigenvalue weighted by Crippen LogP contribution is 2.26. The summed E-state index contributed by atoms with van der Waals surface area (Å²) < 4.78 is 28.3. The molecule has 0 fully saturated rings. The number of sulfonamides is 1. The lowest BCUT2D eigenvalue weighted by Crippen LogP contribution is -2.27. The average Bonchev–Trinajstić information content (AvgIpc) is 2.90. The summed E-state index contributed by atoms with van der Waals surface area (Å²) in [5, 5.41) is 5.54. The van der Waals surface area contributed by atoms with Crippen molar-refractivity contribution in [2.24, 2.45) is 0 Å². The first-order valence-electron chi connectivity index (χ1n) is 11.4. The zero-order valence-corrected chi connectivity index (χ0v) is 21.2. The van der Waals surface area contributed by atoms with E-state index in [0.717, 1.165) is 5.56 Å². The highest BCUT2D eigenvalue weighted by atomic mass is 35.5. The summed E-state index contributed by atoms with van der Waals surface area (Å²) >= 11 is 6.17. The summed E-state index contributed by atoms with van der Waals surface area (Å²) in [4.78, 5) is 25.6. The van der Waals surface area contributed by atoms with Crippen LogP contribution in [-0.2, 0) is 16.4 Å². The molecule has 2 amide bonds. The summed E-state index contributed by atoms with van der Waals surface area (Å²) in [5.74, 6) is -0.921. The van der Waals surface area contributed by atoms with Gasteiger partial charge < -0.3 is 10.6 Å². The standard InChI is InChI=1S/C28H24ClN3O4S/c29-24-16-15-21(19-26(24)37(35,36)32-22-11-5-2-6-12-22)27(33)31-25-14-8-7-13-23(25)28(34)30-18-17-20-9-3-1-4-10-20/h1-16,19,32H,17-18H2,(H,30,34)(H,31,33). The Labute approximate surface area is 220 Å². The third-order valence-electron chi connectivity index (χ3n) is 5.47. The van der Waals surface area contributed by atoms with Gasteiger partial charge in [0.15, 0.2) is 0 Å². The van der Waals surface area contributed by atoms with Gasteiger partial charge in [0.2, 0.25) is 0 Å². The summed E-state index contributed by atoms with van der Waals surface area (Å²) in [6, 6.07) is 28.7. The van der Waals surface area contributed by atoms with Crippen LogP contribution in [0.15, 0.2) is 108 Å². The minimum Gasteiger partial charge on any atom is -0.352 e. The number of para-hydroxylation sites is 2. The first-order valence-corrected chi connectivity index (χ1v) is 13.3. The number of anilines is 2. The van der Waals surface area contributed by atoms with Gasteiger partial charge >= 0.3 is 0 Å². The number of hydrogen-bond acceptors (Lipinski definition) is 4. The zero-order valence-electron chi connectivity index (χ0n) is 19.6. The van der Waals surface area contributed by atoms with E-state index in [9.17, 15) is 18.0 Å². The van der Waals surface area contributed by atoms with Gasteiger partial charge in [-0.1, -0.05) is 72.3 Å². The van der Waals surface area contributed by atoms with Crippen LogP contribution < -0.4 is 15.4 Å². The molecule has 0 aliphatic heterocycles. The highest BCUT2D eigenvalue weighted by molar-refractivity contribution is 7.92. The molecule has 0 saturated carbocycles. The smallest absolute Gasteiger partial charge is 0.263 e. The quantitative estimate of drug-likeness (QED) is 0.269. The third kappa shape index (κ3) is 6.75. The lowest BCUT2D eigenvalue weighted by Gasteiger charge is -2.13. The Hall–Kier alpha value is -4.14. The lowest BCUT2D eigenvalue weighted by molar-refractivity contribution is 0.0955. The molecule has 0 spiro atoms. The first-order chi connectivity index (χ1) is 17.8. The van der Waals surface area contributed by atoms with Crippen molar-refractivity contribution in [3.63, 3.8) is 0 Å². The second-order valence-electron chi connectivity index (χ2n) is 8.11. The van der Waals surface area contributed by atoms with Crippen LogP contribution in [0.3, 0.4) is 0 Å². The largest absolute Gasteiger partial charge is 0.352 e. The van der Waals surface area contributed by atoms with Gasteiger partial charge in [0, 0.05) is 17.8 Å². The molecular formula is C28H24ClN3O4S. The van der Waals surface area contributed by atoms with Crippen molar-refractivity contribution in [2.75, 3.05) is 16.6 Å². The Morgan fingerprint density at radius 3 is 2.14 bits per heavy atom. The molecule has 4 rings (SSSR count). The summed E-state index contributed by atoms with van der Waals surface area (Å²) in [6.45, 7) is 0.429. The van der Waals surface area contributed by atoms with Crippen LogP contribution in [0, 0.1) is 0 Å². The number of hydrogen-bond donors (Lipinski definition) is 3.